The maximum atomic E-state index is 12.7. The quantitative estimate of drug-likeness (QED) is 0.341. The van der Waals surface area contributed by atoms with Crippen molar-refractivity contribution in [1.82, 2.24) is 4.90 Å². The van der Waals surface area contributed by atoms with E-state index in [-0.39, 0.29) is 36.3 Å². The number of carbonyl (C=O) groups is 2. The molecule has 1 heterocycles. The van der Waals surface area contributed by atoms with E-state index in [0.29, 0.717) is 24.2 Å². The number of methoxy groups -OCH3 is 1. The van der Waals surface area contributed by atoms with Crippen molar-refractivity contribution in [3.8, 4) is 12.3 Å². The van der Waals surface area contributed by atoms with Gasteiger partial charge in [-0.25, -0.2) is 4.79 Å². The van der Waals surface area contributed by atoms with Crippen LogP contribution in [-0.2, 0) is 19.2 Å². The molecule has 0 unspecified atom stereocenters. The highest BCUT2D eigenvalue weighted by Crippen LogP contribution is 2.67. The topological polar surface area (TPSA) is 109 Å². The van der Waals surface area contributed by atoms with E-state index in [1.807, 2.05) is 0 Å². The number of nitrogens with zero attached hydrogens (tertiary/aromatic N) is 2. The number of allylic oxidation sites excluding steroid dienone is 2. The monoisotopic (exact) mass is 512 g/mol. The molecule has 8 atom stereocenters. The fourth-order valence-electron chi connectivity index (χ4n) is 8.60. The number of aliphatic hydroxyl groups is 2. The van der Waals surface area contributed by atoms with Crippen LogP contribution in [0.3, 0.4) is 0 Å². The number of likely N-dealkylation sites (tertiary alicyclic amines) is 1. The molecule has 0 aromatic carbocycles. The van der Waals surface area contributed by atoms with E-state index in [2.05, 4.69) is 31.0 Å². The van der Waals surface area contributed by atoms with Crippen molar-refractivity contribution in [3.05, 3.63) is 11.6 Å². The number of esters is 1. The number of hydrogen-bond donors (Lipinski definition) is 2. The Labute approximate surface area is 219 Å². The third-order valence-electron chi connectivity index (χ3n) is 10.8. The average molecular weight is 513 g/mol. The second-order valence-electron chi connectivity index (χ2n) is 12.3. The SMILES string of the molecule is C#C[C@@]1(O)CC[C@@H]2[C@@H]3CCC4=C/C(=N/OCC(=O)N5C[C@H](O)C[C@@H]5C(=O)OC)CC[C@]4(C)[C@@H]3CC[C@@]21C. The van der Waals surface area contributed by atoms with E-state index >= 15 is 0 Å². The summed E-state index contributed by atoms with van der Waals surface area (Å²) in [4.78, 5) is 31.4. The summed E-state index contributed by atoms with van der Waals surface area (Å²) in [5, 5.41) is 25.4. The second kappa shape index (κ2) is 9.43. The van der Waals surface area contributed by atoms with E-state index in [1.54, 1.807) is 0 Å². The molecule has 4 aliphatic carbocycles. The van der Waals surface area contributed by atoms with Gasteiger partial charge in [0.25, 0.3) is 5.91 Å². The van der Waals surface area contributed by atoms with Gasteiger partial charge in [0, 0.05) is 18.4 Å². The van der Waals surface area contributed by atoms with Crippen LogP contribution < -0.4 is 0 Å². The van der Waals surface area contributed by atoms with Crippen molar-refractivity contribution in [2.24, 2.45) is 33.7 Å². The number of hydrogen-bond acceptors (Lipinski definition) is 7. The molecule has 0 aromatic rings. The van der Waals surface area contributed by atoms with Crippen LogP contribution in [0.4, 0.5) is 0 Å². The largest absolute Gasteiger partial charge is 0.467 e. The Morgan fingerprint density at radius 3 is 2.68 bits per heavy atom. The smallest absolute Gasteiger partial charge is 0.328 e. The standard InChI is InChI=1S/C29H40N2O6/c1-5-29(35)13-10-23-21-7-6-18-14-19(8-11-27(18,2)22(21)9-12-28(23,29)3)30-37-17-25(33)31-16-20(32)15-24(31)26(34)36-4/h1,14,20-24,32,35H,6-13,15-17H2,2-4H3/b30-19+/t20-,21-,22-,23-,24-,27+,28+,29-/m1/s1. The predicted octanol–water partition coefficient (Wildman–Crippen LogP) is 2.82. The second-order valence-corrected chi connectivity index (χ2v) is 12.3. The van der Waals surface area contributed by atoms with E-state index in [0.717, 1.165) is 50.7 Å². The Morgan fingerprint density at radius 1 is 1.19 bits per heavy atom. The lowest BCUT2D eigenvalue weighted by Crippen LogP contribution is -2.54. The summed E-state index contributed by atoms with van der Waals surface area (Å²) in [6.07, 6.45) is 15.0. The zero-order valence-corrected chi connectivity index (χ0v) is 22.2. The van der Waals surface area contributed by atoms with E-state index < -0.39 is 23.7 Å². The van der Waals surface area contributed by atoms with Crippen LogP contribution in [0.5, 0.6) is 0 Å². The lowest BCUT2D eigenvalue weighted by atomic mass is 9.46. The molecule has 0 radical (unpaired) electrons. The van der Waals surface area contributed by atoms with Crippen LogP contribution in [0.25, 0.3) is 0 Å². The van der Waals surface area contributed by atoms with Crippen LogP contribution in [0.15, 0.2) is 16.8 Å². The Balaban J connectivity index is 1.24. The summed E-state index contributed by atoms with van der Waals surface area (Å²) in [6, 6.07) is -0.787. The van der Waals surface area contributed by atoms with Crippen molar-refractivity contribution >= 4 is 17.6 Å². The van der Waals surface area contributed by atoms with Gasteiger partial charge in [-0.1, -0.05) is 30.5 Å². The van der Waals surface area contributed by atoms with Gasteiger partial charge in [0.1, 0.15) is 11.6 Å². The molecular weight excluding hydrogens is 472 g/mol. The molecule has 4 fully saturated rings. The molecule has 37 heavy (non-hydrogen) atoms. The maximum absolute atomic E-state index is 12.7. The first-order valence-electron chi connectivity index (χ1n) is 13.7. The predicted molar refractivity (Wildman–Crippen MR) is 137 cm³/mol. The molecule has 8 nitrogen and oxygen atoms in total. The summed E-state index contributed by atoms with van der Waals surface area (Å²) >= 11 is 0. The van der Waals surface area contributed by atoms with Crippen molar-refractivity contribution in [1.29, 1.82) is 0 Å². The van der Waals surface area contributed by atoms with Gasteiger partial charge in [0.05, 0.1) is 18.9 Å². The number of terminal acetylenes is 1. The molecule has 3 saturated carbocycles. The van der Waals surface area contributed by atoms with Gasteiger partial charge in [-0.15, -0.1) is 6.42 Å². The van der Waals surface area contributed by atoms with Crippen LogP contribution in [0.2, 0.25) is 0 Å². The number of ether oxygens (including phenoxy) is 1. The molecule has 5 rings (SSSR count). The highest BCUT2D eigenvalue weighted by atomic mass is 16.6. The van der Waals surface area contributed by atoms with Crippen LogP contribution in [0.1, 0.15) is 71.6 Å². The third-order valence-corrected chi connectivity index (χ3v) is 10.8. The molecule has 1 amide bonds. The molecule has 202 valence electrons. The fraction of sp³-hybridized carbons (Fsp3) is 0.759. The fourth-order valence-corrected chi connectivity index (χ4v) is 8.60. The molecule has 0 bridgehead atoms. The minimum Gasteiger partial charge on any atom is -0.467 e. The molecule has 1 saturated heterocycles. The Bertz CT molecular complexity index is 1060. The summed E-state index contributed by atoms with van der Waals surface area (Å²) in [7, 11) is 1.27. The van der Waals surface area contributed by atoms with Gasteiger partial charge in [-0.05, 0) is 80.6 Å². The third kappa shape index (κ3) is 4.10. The maximum Gasteiger partial charge on any atom is 0.328 e. The summed E-state index contributed by atoms with van der Waals surface area (Å²) in [5.74, 6) is 3.45. The molecule has 8 heteroatoms. The summed E-state index contributed by atoms with van der Waals surface area (Å²) in [5.41, 5.74) is 1.18. The van der Waals surface area contributed by atoms with Crippen LogP contribution in [0, 0.1) is 40.9 Å². The van der Waals surface area contributed by atoms with Gasteiger partial charge in [-0.3, -0.25) is 4.79 Å². The van der Waals surface area contributed by atoms with Gasteiger partial charge >= 0.3 is 5.97 Å². The Kier molecular flexibility index (Phi) is 6.69. The molecule has 2 N–H and O–H groups in total. The highest BCUT2D eigenvalue weighted by Gasteiger charge is 2.63. The zero-order valence-electron chi connectivity index (χ0n) is 22.2. The molecule has 1 aliphatic heterocycles. The van der Waals surface area contributed by atoms with Gasteiger partial charge < -0.3 is 24.7 Å². The van der Waals surface area contributed by atoms with Crippen molar-refractivity contribution in [2.75, 3.05) is 20.3 Å². The van der Waals surface area contributed by atoms with Crippen molar-refractivity contribution < 1.29 is 29.4 Å². The van der Waals surface area contributed by atoms with Gasteiger partial charge in [0.2, 0.25) is 0 Å². The van der Waals surface area contributed by atoms with Crippen molar-refractivity contribution in [2.45, 2.75) is 89.4 Å². The Hall–Kier alpha value is -2.37. The molecular formula is C29H40N2O6. The summed E-state index contributed by atoms with van der Waals surface area (Å²) in [6.45, 7) is 4.41. The molecule has 5 aliphatic rings. The Morgan fingerprint density at radius 2 is 1.95 bits per heavy atom. The van der Waals surface area contributed by atoms with E-state index in [4.69, 9.17) is 16.0 Å². The average Bonchev–Trinajstić information content (AvgIpc) is 3.41. The van der Waals surface area contributed by atoms with E-state index in [9.17, 15) is 19.8 Å². The number of rotatable bonds is 4. The first-order valence-corrected chi connectivity index (χ1v) is 13.7. The highest BCUT2D eigenvalue weighted by molar-refractivity contribution is 5.96. The lowest BCUT2D eigenvalue weighted by molar-refractivity contribution is -0.152. The number of aliphatic hydroxyl groups excluding tert-OH is 1. The van der Waals surface area contributed by atoms with Crippen LogP contribution >= 0.6 is 0 Å². The van der Waals surface area contributed by atoms with Crippen molar-refractivity contribution in [3.63, 3.8) is 0 Å². The number of β-amino-alcohol motifs (C(OH)–C–C–N with tert-alkyl or cyclic N) is 1. The lowest BCUT2D eigenvalue weighted by Gasteiger charge is -2.58. The zero-order chi connectivity index (χ0) is 26.6. The molecule has 0 spiro atoms. The number of amides is 1. The minimum atomic E-state index is -0.981. The summed E-state index contributed by atoms with van der Waals surface area (Å²) < 4.78 is 4.76. The normalized spacial score (nSPS) is 43.8. The van der Waals surface area contributed by atoms with Gasteiger partial charge in [0.15, 0.2) is 6.61 Å². The van der Waals surface area contributed by atoms with Gasteiger partial charge in [-0.2, -0.15) is 0 Å². The minimum absolute atomic E-state index is 0.0856. The number of oxime groups is 1. The van der Waals surface area contributed by atoms with E-state index in [1.165, 1.54) is 17.6 Å². The molecule has 0 aromatic heterocycles. The van der Waals surface area contributed by atoms with Crippen LogP contribution in [-0.4, -0.2) is 70.7 Å². The number of carbonyl (C=O) groups excluding carboxylic acids is 2. The first kappa shape index (κ1) is 26.2. The number of fused-ring (bicyclic) bond motifs is 5. The first-order chi connectivity index (χ1) is 17.6.